The predicted octanol–water partition coefficient (Wildman–Crippen LogP) is 2.30. The summed E-state index contributed by atoms with van der Waals surface area (Å²) < 4.78 is 0. The molecule has 1 atom stereocenters. The van der Waals surface area contributed by atoms with Crippen molar-refractivity contribution in [3.8, 4) is 0 Å². The second kappa shape index (κ2) is 8.69. The molecule has 5 rings (SSSR count). The molecule has 4 heterocycles. The summed E-state index contributed by atoms with van der Waals surface area (Å²) >= 11 is 0. The van der Waals surface area contributed by atoms with Crippen LogP contribution in [0.5, 0.6) is 0 Å². The van der Waals surface area contributed by atoms with Gasteiger partial charge in [0.25, 0.3) is 0 Å². The average Bonchev–Trinajstić information content (AvgIpc) is 3.53. The zero-order chi connectivity index (χ0) is 22.2. The third-order valence-corrected chi connectivity index (χ3v) is 6.99. The number of hydrogen-bond acceptors (Lipinski definition) is 7. The molecule has 2 aliphatic heterocycles. The third kappa shape index (κ3) is 4.05. The number of piperazine rings is 1. The maximum absolute atomic E-state index is 13.3. The summed E-state index contributed by atoms with van der Waals surface area (Å²) in [6.45, 7) is 8.57. The molecule has 0 saturated carbocycles. The number of imidazole rings is 1. The van der Waals surface area contributed by atoms with E-state index in [-0.39, 0.29) is 11.9 Å². The van der Waals surface area contributed by atoms with Crippen molar-refractivity contribution in [3.63, 3.8) is 0 Å². The number of anilines is 3. The van der Waals surface area contributed by atoms with Gasteiger partial charge in [0.1, 0.15) is 11.9 Å². The highest BCUT2D eigenvalue weighted by atomic mass is 16.2. The first-order chi connectivity index (χ1) is 15.5. The Morgan fingerprint density at radius 3 is 2.69 bits per heavy atom. The maximum Gasteiger partial charge on any atom is 0.245 e. The molecular formula is C23H34N8O. The van der Waals surface area contributed by atoms with Gasteiger partial charge in [0.15, 0.2) is 0 Å². The molecule has 1 amide bonds. The number of nitrogens with one attached hydrogen (secondary N) is 2. The van der Waals surface area contributed by atoms with Crippen molar-refractivity contribution in [1.82, 2.24) is 29.7 Å². The van der Waals surface area contributed by atoms with Gasteiger partial charge >= 0.3 is 0 Å². The molecule has 1 aliphatic carbocycles. The first-order valence-electron chi connectivity index (χ1n) is 12.0. The number of H-pyrrole nitrogens is 1. The fraction of sp³-hybridized carbons (Fsp3) is 0.652. The van der Waals surface area contributed by atoms with Crippen LogP contribution in [0.1, 0.15) is 56.0 Å². The van der Waals surface area contributed by atoms with Crippen molar-refractivity contribution in [3.05, 3.63) is 23.1 Å². The molecular weight excluding hydrogens is 404 g/mol. The summed E-state index contributed by atoms with van der Waals surface area (Å²) in [6.07, 6.45) is 6.74. The maximum atomic E-state index is 13.3. The monoisotopic (exact) mass is 438 g/mol. The molecule has 2 fully saturated rings. The van der Waals surface area contributed by atoms with Crippen LogP contribution in [-0.4, -0.2) is 81.5 Å². The van der Waals surface area contributed by atoms with Crippen LogP contribution >= 0.6 is 0 Å². The van der Waals surface area contributed by atoms with Gasteiger partial charge in [-0.1, -0.05) is 13.8 Å². The van der Waals surface area contributed by atoms with Crippen LogP contribution < -0.4 is 10.2 Å². The number of carbonyl (C=O) groups excluding carboxylic acids is 1. The average molecular weight is 439 g/mol. The molecule has 0 aromatic carbocycles. The van der Waals surface area contributed by atoms with E-state index in [1.54, 1.807) is 0 Å². The van der Waals surface area contributed by atoms with Crippen LogP contribution in [0.2, 0.25) is 0 Å². The van der Waals surface area contributed by atoms with E-state index in [1.807, 2.05) is 11.1 Å². The molecule has 9 nitrogen and oxygen atoms in total. The van der Waals surface area contributed by atoms with Gasteiger partial charge in [0.2, 0.25) is 17.8 Å². The van der Waals surface area contributed by atoms with Crippen molar-refractivity contribution < 1.29 is 4.79 Å². The van der Waals surface area contributed by atoms with Crippen LogP contribution in [0, 0.1) is 0 Å². The number of aromatic nitrogens is 4. The van der Waals surface area contributed by atoms with E-state index in [0.717, 1.165) is 82.0 Å². The number of nitrogens with zero attached hydrogens (tertiary/aromatic N) is 6. The van der Waals surface area contributed by atoms with Gasteiger partial charge in [-0.3, -0.25) is 4.79 Å². The van der Waals surface area contributed by atoms with E-state index in [1.165, 1.54) is 5.56 Å². The van der Waals surface area contributed by atoms with Crippen molar-refractivity contribution >= 4 is 23.6 Å². The zero-order valence-electron chi connectivity index (χ0n) is 19.4. The molecule has 9 heteroatoms. The summed E-state index contributed by atoms with van der Waals surface area (Å²) in [4.78, 5) is 37.5. The lowest BCUT2D eigenvalue weighted by Crippen LogP contribution is -2.53. The van der Waals surface area contributed by atoms with Crippen molar-refractivity contribution in [2.75, 3.05) is 50.0 Å². The Bertz CT molecular complexity index is 978. The van der Waals surface area contributed by atoms with E-state index in [9.17, 15) is 4.79 Å². The number of likely N-dealkylation sites (N-methyl/N-ethyl adjacent to an activating group) is 1. The van der Waals surface area contributed by atoms with E-state index in [4.69, 9.17) is 9.97 Å². The Hall–Kier alpha value is -2.68. The molecule has 32 heavy (non-hydrogen) atoms. The minimum atomic E-state index is -0.165. The SMILES string of the molecule is CC(C)c1cnc(Nc2nc(N3CCCC3C(=O)N3CCN(C)CC3)nc3c2CCC3)[nH]1. The number of carbonyl (C=O) groups is 1. The number of amides is 1. The molecule has 0 spiro atoms. The molecule has 1 unspecified atom stereocenters. The van der Waals surface area contributed by atoms with Crippen LogP contribution in [0.4, 0.5) is 17.7 Å². The molecule has 2 saturated heterocycles. The third-order valence-electron chi connectivity index (χ3n) is 6.99. The van der Waals surface area contributed by atoms with Crippen LogP contribution in [0.15, 0.2) is 6.20 Å². The van der Waals surface area contributed by atoms with Gasteiger partial charge in [0, 0.05) is 44.0 Å². The fourth-order valence-corrected chi connectivity index (χ4v) is 4.96. The first-order valence-corrected chi connectivity index (χ1v) is 12.0. The minimum Gasteiger partial charge on any atom is -0.338 e. The number of aromatic amines is 1. The van der Waals surface area contributed by atoms with Gasteiger partial charge in [-0.2, -0.15) is 4.98 Å². The van der Waals surface area contributed by atoms with Crippen molar-refractivity contribution in [1.29, 1.82) is 0 Å². The second-order valence-corrected chi connectivity index (χ2v) is 9.60. The lowest BCUT2D eigenvalue weighted by atomic mass is 10.1. The number of fused-ring (bicyclic) bond motifs is 1. The highest BCUT2D eigenvalue weighted by Gasteiger charge is 2.37. The molecule has 0 radical (unpaired) electrons. The number of hydrogen-bond donors (Lipinski definition) is 2. The minimum absolute atomic E-state index is 0.165. The molecule has 172 valence electrons. The summed E-state index contributed by atoms with van der Waals surface area (Å²) in [6, 6.07) is -0.165. The molecule has 0 bridgehead atoms. The highest BCUT2D eigenvalue weighted by molar-refractivity contribution is 5.85. The van der Waals surface area contributed by atoms with E-state index in [0.29, 0.717) is 17.8 Å². The Labute approximate surface area is 189 Å². The largest absolute Gasteiger partial charge is 0.338 e. The standard InChI is InChI=1S/C23H34N8O/c1-15(2)18-14-24-22(25-18)27-20-16-6-4-7-17(16)26-23(28-20)31-9-5-8-19(31)21(32)30-12-10-29(3)11-13-30/h14-15,19H,4-13H2,1-3H3,(H2,24,25,26,27,28). The predicted molar refractivity (Wildman–Crippen MR) is 124 cm³/mol. The lowest BCUT2D eigenvalue weighted by molar-refractivity contribution is -0.134. The fourth-order valence-electron chi connectivity index (χ4n) is 4.96. The quantitative estimate of drug-likeness (QED) is 0.740. The smallest absolute Gasteiger partial charge is 0.245 e. The van der Waals surface area contributed by atoms with E-state index >= 15 is 0 Å². The Morgan fingerprint density at radius 2 is 1.94 bits per heavy atom. The Kier molecular flexibility index (Phi) is 5.75. The summed E-state index contributed by atoms with van der Waals surface area (Å²) in [5, 5.41) is 3.41. The van der Waals surface area contributed by atoms with Crippen molar-refractivity contribution in [2.45, 2.75) is 57.9 Å². The first kappa shape index (κ1) is 21.2. The van der Waals surface area contributed by atoms with Gasteiger partial charge in [-0.05, 0) is 45.1 Å². The van der Waals surface area contributed by atoms with Gasteiger partial charge < -0.3 is 25.0 Å². The van der Waals surface area contributed by atoms with Crippen LogP contribution in [0.3, 0.4) is 0 Å². The second-order valence-electron chi connectivity index (χ2n) is 9.60. The molecule has 2 aromatic heterocycles. The topological polar surface area (TPSA) is 93.3 Å². The van der Waals surface area contributed by atoms with E-state index in [2.05, 4.69) is 46.0 Å². The summed E-state index contributed by atoms with van der Waals surface area (Å²) in [5.41, 5.74) is 3.37. The van der Waals surface area contributed by atoms with Crippen LogP contribution in [-0.2, 0) is 17.6 Å². The highest BCUT2D eigenvalue weighted by Crippen LogP contribution is 2.32. The normalized spacial score (nSPS) is 21.4. The Morgan fingerprint density at radius 1 is 1.12 bits per heavy atom. The van der Waals surface area contributed by atoms with Gasteiger partial charge in [0.05, 0.1) is 11.9 Å². The zero-order valence-corrected chi connectivity index (χ0v) is 19.4. The number of rotatable bonds is 5. The van der Waals surface area contributed by atoms with Crippen LogP contribution in [0.25, 0.3) is 0 Å². The van der Waals surface area contributed by atoms with Gasteiger partial charge in [-0.15, -0.1) is 0 Å². The number of aryl methyl sites for hydroxylation is 1. The lowest BCUT2D eigenvalue weighted by Gasteiger charge is -2.36. The van der Waals surface area contributed by atoms with Crippen molar-refractivity contribution in [2.24, 2.45) is 0 Å². The molecule has 2 N–H and O–H groups in total. The summed E-state index contributed by atoms with van der Waals surface area (Å²) in [7, 11) is 2.11. The molecule has 2 aromatic rings. The van der Waals surface area contributed by atoms with E-state index < -0.39 is 0 Å². The Balaban J connectivity index is 1.40. The summed E-state index contributed by atoms with van der Waals surface area (Å²) in [5.74, 6) is 2.81. The molecule has 3 aliphatic rings. The van der Waals surface area contributed by atoms with Gasteiger partial charge in [-0.25, -0.2) is 9.97 Å².